The first kappa shape index (κ1) is 13.7. The van der Waals surface area contributed by atoms with Gasteiger partial charge in [0.1, 0.15) is 11.3 Å². The van der Waals surface area contributed by atoms with Crippen LogP contribution in [0.2, 0.25) is 0 Å². The average Bonchev–Trinajstić information content (AvgIpc) is 2.80. The maximum absolute atomic E-state index is 12.3. The minimum Gasteiger partial charge on any atom is -0.360 e. The summed E-state index contributed by atoms with van der Waals surface area (Å²) in [6.07, 6.45) is 2.65. The van der Waals surface area contributed by atoms with Crippen molar-refractivity contribution >= 4 is 23.4 Å². The van der Waals surface area contributed by atoms with Gasteiger partial charge in [-0.25, -0.2) is 0 Å². The molecule has 1 amide bonds. The number of thioether (sulfide) groups is 1. The zero-order valence-electron chi connectivity index (χ0n) is 11.2. The number of carbonyl (C=O) groups is 1. The molecule has 0 saturated carbocycles. The van der Waals surface area contributed by atoms with Crippen LogP contribution in [0.4, 0.5) is 5.69 Å². The van der Waals surface area contributed by atoms with E-state index in [2.05, 4.69) is 10.5 Å². The van der Waals surface area contributed by atoms with E-state index in [1.807, 2.05) is 37.4 Å². The van der Waals surface area contributed by atoms with Crippen molar-refractivity contribution in [2.45, 2.75) is 25.2 Å². The molecule has 1 N–H and O–H groups in total. The van der Waals surface area contributed by atoms with Crippen molar-refractivity contribution in [1.29, 1.82) is 0 Å². The van der Waals surface area contributed by atoms with Crippen molar-refractivity contribution in [1.82, 2.24) is 5.16 Å². The van der Waals surface area contributed by atoms with Crippen LogP contribution in [0.5, 0.6) is 0 Å². The summed E-state index contributed by atoms with van der Waals surface area (Å²) >= 11 is 1.64. The zero-order chi connectivity index (χ0) is 13.8. The summed E-state index contributed by atoms with van der Waals surface area (Å²) in [7, 11) is 0. The van der Waals surface area contributed by atoms with Gasteiger partial charge >= 0.3 is 0 Å². The Morgan fingerprint density at radius 2 is 2.26 bits per heavy atom. The molecular formula is C14H16N2O2S. The Morgan fingerprint density at radius 1 is 1.47 bits per heavy atom. The van der Waals surface area contributed by atoms with Gasteiger partial charge in [0.05, 0.1) is 5.69 Å². The number of aryl methyl sites for hydroxylation is 2. The molecule has 0 atom stereocenters. The van der Waals surface area contributed by atoms with Gasteiger partial charge in [-0.3, -0.25) is 4.79 Å². The van der Waals surface area contributed by atoms with Crippen LogP contribution in [-0.2, 0) is 6.42 Å². The fourth-order valence-corrected chi connectivity index (χ4v) is 2.30. The second-order valence-electron chi connectivity index (χ2n) is 4.11. The van der Waals surface area contributed by atoms with Crippen molar-refractivity contribution < 1.29 is 9.32 Å². The van der Waals surface area contributed by atoms with Gasteiger partial charge in [0, 0.05) is 17.0 Å². The molecule has 19 heavy (non-hydrogen) atoms. The smallest absolute Gasteiger partial charge is 0.261 e. The number of nitrogens with one attached hydrogen (secondary N) is 1. The van der Waals surface area contributed by atoms with Gasteiger partial charge < -0.3 is 9.84 Å². The minimum absolute atomic E-state index is 0.172. The number of carbonyl (C=O) groups excluding carboxylic acids is 1. The van der Waals surface area contributed by atoms with Crippen molar-refractivity contribution in [3.05, 3.63) is 41.3 Å². The van der Waals surface area contributed by atoms with Crippen molar-refractivity contribution in [3.8, 4) is 0 Å². The summed E-state index contributed by atoms with van der Waals surface area (Å²) in [5.74, 6) is 0.449. The fraction of sp³-hybridized carbons (Fsp3) is 0.286. The first-order valence-electron chi connectivity index (χ1n) is 6.06. The van der Waals surface area contributed by atoms with E-state index in [0.29, 0.717) is 23.4 Å². The van der Waals surface area contributed by atoms with Crippen LogP contribution in [-0.4, -0.2) is 17.3 Å². The van der Waals surface area contributed by atoms with Crippen molar-refractivity contribution in [2.75, 3.05) is 11.6 Å². The van der Waals surface area contributed by atoms with Gasteiger partial charge in [0.15, 0.2) is 0 Å². The van der Waals surface area contributed by atoms with Gasteiger partial charge in [-0.2, -0.15) is 0 Å². The van der Waals surface area contributed by atoms with E-state index < -0.39 is 0 Å². The molecule has 5 heteroatoms. The van der Waals surface area contributed by atoms with Crippen molar-refractivity contribution in [2.24, 2.45) is 0 Å². The van der Waals surface area contributed by atoms with Gasteiger partial charge in [0.25, 0.3) is 5.91 Å². The molecule has 100 valence electrons. The monoisotopic (exact) mass is 276 g/mol. The van der Waals surface area contributed by atoms with Crippen LogP contribution in [0.25, 0.3) is 0 Å². The van der Waals surface area contributed by atoms with E-state index in [1.165, 1.54) is 0 Å². The Kier molecular flexibility index (Phi) is 4.27. The highest BCUT2D eigenvalue weighted by molar-refractivity contribution is 7.98. The highest BCUT2D eigenvalue weighted by Gasteiger charge is 2.19. The van der Waals surface area contributed by atoms with Crippen LogP contribution in [0.3, 0.4) is 0 Å². The molecule has 0 bridgehead atoms. The molecule has 1 heterocycles. The molecule has 0 radical (unpaired) electrons. The quantitative estimate of drug-likeness (QED) is 0.868. The van der Waals surface area contributed by atoms with Crippen LogP contribution < -0.4 is 5.32 Å². The fourth-order valence-electron chi connectivity index (χ4n) is 1.84. The summed E-state index contributed by atoms with van der Waals surface area (Å²) < 4.78 is 5.13. The molecule has 0 fully saturated rings. The molecule has 0 unspecified atom stereocenters. The number of nitrogens with zero attached hydrogens (tertiary/aromatic N) is 1. The van der Waals surface area contributed by atoms with E-state index in [1.54, 1.807) is 18.7 Å². The highest BCUT2D eigenvalue weighted by Crippen LogP contribution is 2.21. The predicted molar refractivity (Wildman–Crippen MR) is 76.8 cm³/mol. The first-order valence-corrected chi connectivity index (χ1v) is 7.28. The molecule has 2 rings (SSSR count). The molecular weight excluding hydrogens is 260 g/mol. The summed E-state index contributed by atoms with van der Waals surface area (Å²) in [6.45, 7) is 3.71. The minimum atomic E-state index is -0.172. The number of amides is 1. The molecule has 0 aliphatic heterocycles. The Hall–Kier alpha value is -1.75. The van der Waals surface area contributed by atoms with E-state index in [-0.39, 0.29) is 5.91 Å². The number of hydrogen-bond donors (Lipinski definition) is 1. The summed E-state index contributed by atoms with van der Waals surface area (Å²) in [5, 5.41) is 6.73. The Morgan fingerprint density at radius 3 is 2.95 bits per heavy atom. The Labute approximate surface area is 116 Å². The van der Waals surface area contributed by atoms with Crippen LogP contribution in [0, 0.1) is 6.92 Å². The topological polar surface area (TPSA) is 55.1 Å². The number of rotatable bonds is 4. The van der Waals surface area contributed by atoms with E-state index in [4.69, 9.17) is 4.52 Å². The maximum Gasteiger partial charge on any atom is 0.261 e. The van der Waals surface area contributed by atoms with Crippen LogP contribution in [0.15, 0.2) is 33.7 Å². The molecule has 0 aliphatic carbocycles. The van der Waals surface area contributed by atoms with E-state index in [9.17, 15) is 4.79 Å². The van der Waals surface area contributed by atoms with E-state index >= 15 is 0 Å². The van der Waals surface area contributed by atoms with Crippen molar-refractivity contribution in [3.63, 3.8) is 0 Å². The molecule has 0 spiro atoms. The first-order chi connectivity index (χ1) is 9.15. The molecule has 0 saturated heterocycles. The summed E-state index contributed by atoms with van der Waals surface area (Å²) in [5.41, 5.74) is 1.94. The second kappa shape index (κ2) is 5.93. The molecule has 1 aromatic heterocycles. The average molecular weight is 276 g/mol. The number of aromatic nitrogens is 1. The highest BCUT2D eigenvalue weighted by atomic mass is 32.2. The third-order valence-corrected chi connectivity index (χ3v) is 3.53. The van der Waals surface area contributed by atoms with Crippen LogP contribution in [0.1, 0.15) is 28.7 Å². The van der Waals surface area contributed by atoms with E-state index in [0.717, 1.165) is 10.6 Å². The van der Waals surface area contributed by atoms with Gasteiger partial charge in [0.2, 0.25) is 0 Å². The lowest BCUT2D eigenvalue weighted by atomic mass is 10.1. The van der Waals surface area contributed by atoms with Crippen LogP contribution >= 0.6 is 11.8 Å². The predicted octanol–water partition coefficient (Wildman–Crippen LogP) is 3.52. The van der Waals surface area contributed by atoms with Gasteiger partial charge in [-0.05, 0) is 31.4 Å². The molecule has 2 aromatic rings. The Balaban J connectivity index is 2.23. The lowest BCUT2D eigenvalue weighted by Gasteiger charge is -2.06. The SMILES string of the molecule is CCc1onc(C)c1C(=O)Nc1cccc(SC)c1. The number of anilines is 1. The second-order valence-corrected chi connectivity index (χ2v) is 4.99. The largest absolute Gasteiger partial charge is 0.360 e. The molecule has 1 aromatic carbocycles. The summed E-state index contributed by atoms with van der Waals surface area (Å²) in [4.78, 5) is 13.4. The van der Waals surface area contributed by atoms with Gasteiger partial charge in [-0.1, -0.05) is 18.1 Å². The molecule has 4 nitrogen and oxygen atoms in total. The normalized spacial score (nSPS) is 10.5. The maximum atomic E-state index is 12.3. The Bertz CT molecular complexity index is 593. The lowest BCUT2D eigenvalue weighted by molar-refractivity contribution is 0.102. The molecule has 0 aliphatic rings. The zero-order valence-corrected chi connectivity index (χ0v) is 12.0. The number of hydrogen-bond acceptors (Lipinski definition) is 4. The summed E-state index contributed by atoms with van der Waals surface area (Å²) in [6, 6.07) is 7.73. The third kappa shape index (κ3) is 2.98. The number of benzene rings is 1. The lowest BCUT2D eigenvalue weighted by Crippen LogP contribution is -2.14. The standard InChI is InChI=1S/C14H16N2O2S/c1-4-12-13(9(2)16-18-12)14(17)15-10-6-5-7-11(8-10)19-3/h5-8H,4H2,1-3H3,(H,15,17). The van der Waals surface area contributed by atoms with Gasteiger partial charge in [-0.15, -0.1) is 11.8 Å². The third-order valence-electron chi connectivity index (χ3n) is 2.81.